The van der Waals surface area contributed by atoms with E-state index in [1.165, 1.54) is 11.3 Å². The fraction of sp³-hybridized carbons (Fsp3) is 0.167. The first kappa shape index (κ1) is 17.3. The normalized spacial score (nSPS) is 11.0. The van der Waals surface area contributed by atoms with Gasteiger partial charge in [-0.2, -0.15) is 0 Å². The van der Waals surface area contributed by atoms with Crippen LogP contribution in [-0.4, -0.2) is 38.8 Å². The summed E-state index contributed by atoms with van der Waals surface area (Å²) in [6, 6.07) is 10.9. The Balaban J connectivity index is 1.46. The van der Waals surface area contributed by atoms with Crippen molar-refractivity contribution in [3.8, 4) is 11.3 Å². The van der Waals surface area contributed by atoms with Gasteiger partial charge in [0, 0.05) is 17.7 Å². The van der Waals surface area contributed by atoms with E-state index in [2.05, 4.69) is 20.7 Å². The standard InChI is InChI=1S/C18H17N5O3S/c24-8-7-19-16(25)13-5-3-12(4-6-13)15-11-23-18(21-15)27-17(22-23)20-10-14-2-1-9-26-14/h1-6,9,11,24H,7-8,10H2,(H,19,25)(H,20,22). The van der Waals surface area contributed by atoms with E-state index >= 15 is 0 Å². The average Bonchev–Trinajstić information content (AvgIpc) is 3.40. The van der Waals surface area contributed by atoms with E-state index in [1.807, 2.05) is 30.5 Å². The highest BCUT2D eigenvalue weighted by molar-refractivity contribution is 7.20. The Morgan fingerprint density at radius 3 is 2.81 bits per heavy atom. The zero-order valence-electron chi connectivity index (χ0n) is 14.3. The van der Waals surface area contributed by atoms with E-state index < -0.39 is 0 Å². The molecule has 0 aliphatic rings. The van der Waals surface area contributed by atoms with Gasteiger partial charge in [0.1, 0.15) is 5.76 Å². The van der Waals surface area contributed by atoms with Crippen LogP contribution in [0.3, 0.4) is 0 Å². The molecule has 0 saturated carbocycles. The molecule has 3 N–H and O–H groups in total. The summed E-state index contributed by atoms with van der Waals surface area (Å²) in [7, 11) is 0. The molecule has 0 saturated heterocycles. The van der Waals surface area contributed by atoms with E-state index in [0.29, 0.717) is 12.1 Å². The Bertz CT molecular complexity index is 1010. The third kappa shape index (κ3) is 3.83. The zero-order chi connectivity index (χ0) is 18.6. The van der Waals surface area contributed by atoms with Crippen molar-refractivity contribution in [2.45, 2.75) is 6.54 Å². The molecule has 4 aromatic rings. The number of hydrogen-bond acceptors (Lipinski definition) is 7. The second kappa shape index (κ2) is 7.60. The van der Waals surface area contributed by atoms with Crippen LogP contribution in [0.2, 0.25) is 0 Å². The molecular formula is C18H17N5O3S. The SMILES string of the molecule is O=C(NCCO)c1ccc(-c2cn3nc(NCc4ccco4)sc3n2)cc1. The van der Waals surface area contributed by atoms with Crippen LogP contribution in [0.15, 0.2) is 53.3 Å². The summed E-state index contributed by atoms with van der Waals surface area (Å²) in [4.78, 5) is 17.2. The third-order valence-corrected chi connectivity index (χ3v) is 4.76. The number of aromatic nitrogens is 3. The molecule has 27 heavy (non-hydrogen) atoms. The molecule has 1 amide bonds. The summed E-state index contributed by atoms with van der Waals surface area (Å²) in [6.45, 7) is 0.719. The Morgan fingerprint density at radius 2 is 2.11 bits per heavy atom. The predicted octanol–water partition coefficient (Wildman–Crippen LogP) is 2.39. The summed E-state index contributed by atoms with van der Waals surface area (Å²) >= 11 is 1.45. The lowest BCUT2D eigenvalue weighted by molar-refractivity contribution is 0.0945. The minimum atomic E-state index is -0.213. The van der Waals surface area contributed by atoms with Gasteiger partial charge < -0.3 is 20.2 Å². The molecule has 0 aliphatic carbocycles. The largest absolute Gasteiger partial charge is 0.467 e. The molecule has 0 aliphatic heterocycles. The molecule has 0 spiro atoms. The number of carbonyl (C=O) groups excluding carboxylic acids is 1. The van der Waals surface area contributed by atoms with Crippen LogP contribution in [0.5, 0.6) is 0 Å². The highest BCUT2D eigenvalue weighted by Gasteiger charge is 2.11. The number of carbonyl (C=O) groups is 1. The summed E-state index contributed by atoms with van der Waals surface area (Å²) in [5.74, 6) is 0.627. The molecule has 0 unspecified atom stereocenters. The summed E-state index contributed by atoms with van der Waals surface area (Å²) in [6.07, 6.45) is 3.49. The molecule has 0 radical (unpaired) electrons. The van der Waals surface area contributed by atoms with Crippen molar-refractivity contribution >= 4 is 27.3 Å². The Hall–Kier alpha value is -3.17. The second-order valence-corrected chi connectivity index (χ2v) is 6.71. The molecule has 1 aromatic carbocycles. The number of rotatable bonds is 7. The number of nitrogens with zero attached hydrogens (tertiary/aromatic N) is 3. The first-order valence-electron chi connectivity index (χ1n) is 8.35. The number of aliphatic hydroxyl groups is 1. The van der Waals surface area contributed by atoms with Gasteiger partial charge in [0.05, 0.1) is 31.3 Å². The fourth-order valence-electron chi connectivity index (χ4n) is 2.55. The van der Waals surface area contributed by atoms with Gasteiger partial charge in [0.15, 0.2) is 0 Å². The highest BCUT2D eigenvalue weighted by Crippen LogP contribution is 2.25. The van der Waals surface area contributed by atoms with Crippen molar-refractivity contribution in [1.29, 1.82) is 0 Å². The van der Waals surface area contributed by atoms with Crippen LogP contribution in [0.4, 0.5) is 5.13 Å². The van der Waals surface area contributed by atoms with Crippen molar-refractivity contribution in [2.24, 2.45) is 0 Å². The zero-order valence-corrected chi connectivity index (χ0v) is 15.1. The van der Waals surface area contributed by atoms with E-state index in [9.17, 15) is 4.79 Å². The lowest BCUT2D eigenvalue weighted by Crippen LogP contribution is -2.26. The van der Waals surface area contributed by atoms with Crippen LogP contribution in [0, 0.1) is 0 Å². The van der Waals surface area contributed by atoms with Gasteiger partial charge in [-0.3, -0.25) is 4.79 Å². The first-order valence-corrected chi connectivity index (χ1v) is 9.16. The maximum atomic E-state index is 11.9. The van der Waals surface area contributed by atoms with Crippen LogP contribution in [0.25, 0.3) is 16.2 Å². The van der Waals surface area contributed by atoms with E-state index in [4.69, 9.17) is 9.52 Å². The Kier molecular flexibility index (Phi) is 4.86. The molecule has 3 aromatic heterocycles. The number of benzene rings is 1. The van der Waals surface area contributed by atoms with Crippen LogP contribution in [-0.2, 0) is 6.54 Å². The number of imidazole rings is 1. The van der Waals surface area contributed by atoms with Gasteiger partial charge in [0.2, 0.25) is 10.1 Å². The molecule has 0 fully saturated rings. The summed E-state index contributed by atoms with van der Waals surface area (Å²) in [5.41, 5.74) is 2.22. The second-order valence-electron chi connectivity index (χ2n) is 5.75. The van der Waals surface area contributed by atoms with Crippen LogP contribution >= 0.6 is 11.3 Å². The number of fused-ring (bicyclic) bond motifs is 1. The van der Waals surface area contributed by atoms with Gasteiger partial charge in [-0.05, 0) is 24.3 Å². The lowest BCUT2D eigenvalue weighted by atomic mass is 10.1. The minimum Gasteiger partial charge on any atom is -0.467 e. The number of aliphatic hydroxyl groups excluding tert-OH is 1. The molecule has 9 heteroatoms. The topological polar surface area (TPSA) is 105 Å². The number of hydrogen-bond donors (Lipinski definition) is 3. The van der Waals surface area contributed by atoms with Crippen molar-refractivity contribution < 1.29 is 14.3 Å². The first-order chi connectivity index (χ1) is 13.2. The number of furan rings is 1. The monoisotopic (exact) mass is 383 g/mol. The maximum Gasteiger partial charge on any atom is 0.251 e. The number of anilines is 1. The minimum absolute atomic E-state index is 0.0828. The van der Waals surface area contributed by atoms with E-state index in [-0.39, 0.29) is 19.1 Å². The van der Waals surface area contributed by atoms with Gasteiger partial charge in [-0.15, -0.1) is 5.10 Å². The molecule has 8 nitrogen and oxygen atoms in total. The Labute approximate surface area is 158 Å². The maximum absolute atomic E-state index is 11.9. The van der Waals surface area contributed by atoms with Gasteiger partial charge in [-0.25, -0.2) is 9.50 Å². The lowest BCUT2D eigenvalue weighted by Gasteiger charge is -2.03. The highest BCUT2D eigenvalue weighted by atomic mass is 32.1. The molecular weight excluding hydrogens is 366 g/mol. The smallest absolute Gasteiger partial charge is 0.251 e. The summed E-state index contributed by atoms with van der Waals surface area (Å²) < 4.78 is 7.02. The van der Waals surface area contributed by atoms with Gasteiger partial charge in [0.25, 0.3) is 5.91 Å². The quantitative estimate of drug-likeness (QED) is 0.453. The van der Waals surface area contributed by atoms with Crippen LogP contribution < -0.4 is 10.6 Å². The van der Waals surface area contributed by atoms with E-state index in [0.717, 1.165) is 27.1 Å². The van der Waals surface area contributed by atoms with Gasteiger partial charge >= 0.3 is 0 Å². The molecule has 0 atom stereocenters. The average molecular weight is 383 g/mol. The Morgan fingerprint density at radius 1 is 1.26 bits per heavy atom. The molecule has 138 valence electrons. The number of nitrogens with one attached hydrogen (secondary N) is 2. The molecule has 4 rings (SSSR count). The summed E-state index contributed by atoms with van der Waals surface area (Å²) in [5, 5.41) is 19.8. The molecule has 0 bridgehead atoms. The third-order valence-electron chi connectivity index (χ3n) is 3.88. The van der Waals surface area contributed by atoms with E-state index in [1.54, 1.807) is 22.9 Å². The van der Waals surface area contributed by atoms with Gasteiger partial charge in [-0.1, -0.05) is 23.5 Å². The number of amides is 1. The van der Waals surface area contributed by atoms with Crippen molar-refractivity contribution in [3.63, 3.8) is 0 Å². The van der Waals surface area contributed by atoms with Crippen molar-refractivity contribution in [2.75, 3.05) is 18.5 Å². The van der Waals surface area contributed by atoms with Crippen molar-refractivity contribution in [3.05, 3.63) is 60.2 Å². The fourth-order valence-corrected chi connectivity index (χ4v) is 3.33. The predicted molar refractivity (Wildman–Crippen MR) is 102 cm³/mol. The molecule has 3 heterocycles. The van der Waals surface area contributed by atoms with Crippen LogP contribution in [0.1, 0.15) is 16.1 Å². The van der Waals surface area contributed by atoms with Crippen molar-refractivity contribution in [1.82, 2.24) is 19.9 Å².